The van der Waals surface area contributed by atoms with Crippen molar-refractivity contribution in [2.75, 3.05) is 5.32 Å². The zero-order chi connectivity index (χ0) is 16.9. The highest BCUT2D eigenvalue weighted by atomic mass is 35.5. The first-order valence-corrected chi connectivity index (χ1v) is 7.78. The van der Waals surface area contributed by atoms with Crippen molar-refractivity contribution in [1.82, 2.24) is 0 Å². The van der Waals surface area contributed by atoms with Crippen LogP contribution >= 0.6 is 11.6 Å². The summed E-state index contributed by atoms with van der Waals surface area (Å²) in [7, 11) is 0. The van der Waals surface area contributed by atoms with E-state index in [2.05, 4.69) is 5.32 Å². The van der Waals surface area contributed by atoms with E-state index in [1.54, 1.807) is 60.7 Å². The molecule has 0 aliphatic heterocycles. The summed E-state index contributed by atoms with van der Waals surface area (Å²) in [6.45, 7) is 0. The minimum atomic E-state index is -0.240. The van der Waals surface area contributed by atoms with E-state index in [4.69, 9.17) is 11.6 Å². The summed E-state index contributed by atoms with van der Waals surface area (Å²) in [6.07, 6.45) is 0. The van der Waals surface area contributed by atoms with Gasteiger partial charge in [0.2, 0.25) is 0 Å². The van der Waals surface area contributed by atoms with E-state index in [0.29, 0.717) is 27.4 Å². The molecule has 0 saturated heterocycles. The van der Waals surface area contributed by atoms with Gasteiger partial charge in [0.15, 0.2) is 5.78 Å². The van der Waals surface area contributed by atoms with E-state index < -0.39 is 0 Å². The Morgan fingerprint density at radius 3 is 1.83 bits per heavy atom. The predicted molar refractivity (Wildman–Crippen MR) is 95.7 cm³/mol. The third kappa shape index (κ3) is 3.70. The number of carbonyl (C=O) groups is 2. The molecule has 0 bridgehead atoms. The summed E-state index contributed by atoms with van der Waals surface area (Å²) in [6, 6.07) is 22.5. The van der Waals surface area contributed by atoms with Crippen molar-refractivity contribution in [3.05, 3.63) is 101 Å². The van der Waals surface area contributed by atoms with Gasteiger partial charge in [0.05, 0.1) is 0 Å². The number of amides is 1. The van der Waals surface area contributed by atoms with Gasteiger partial charge in [-0.15, -0.1) is 0 Å². The van der Waals surface area contributed by atoms with Crippen molar-refractivity contribution in [1.29, 1.82) is 0 Å². The zero-order valence-corrected chi connectivity index (χ0v) is 13.5. The maximum absolute atomic E-state index is 12.3. The topological polar surface area (TPSA) is 46.2 Å². The molecule has 3 rings (SSSR count). The summed E-state index contributed by atoms with van der Waals surface area (Å²) in [4.78, 5) is 24.6. The molecule has 3 nitrogen and oxygen atoms in total. The molecule has 118 valence electrons. The molecule has 0 aliphatic carbocycles. The monoisotopic (exact) mass is 335 g/mol. The molecule has 3 aromatic carbocycles. The molecule has 0 radical (unpaired) electrons. The van der Waals surface area contributed by atoms with Crippen LogP contribution in [-0.4, -0.2) is 11.7 Å². The van der Waals surface area contributed by atoms with Crippen LogP contribution in [0.3, 0.4) is 0 Å². The molecule has 4 heteroatoms. The fraction of sp³-hybridized carbons (Fsp3) is 0. The Kier molecular flexibility index (Phi) is 4.73. The van der Waals surface area contributed by atoms with Gasteiger partial charge in [0, 0.05) is 27.4 Å². The largest absolute Gasteiger partial charge is 0.322 e. The highest BCUT2D eigenvalue weighted by Crippen LogP contribution is 2.15. The summed E-state index contributed by atoms with van der Waals surface area (Å²) >= 11 is 5.82. The average Bonchev–Trinajstić information content (AvgIpc) is 2.64. The lowest BCUT2D eigenvalue weighted by Crippen LogP contribution is -2.12. The Bertz CT molecular complexity index is 856. The second-order valence-corrected chi connectivity index (χ2v) is 5.67. The van der Waals surface area contributed by atoms with Crippen molar-refractivity contribution < 1.29 is 9.59 Å². The van der Waals surface area contributed by atoms with Crippen molar-refractivity contribution in [3.8, 4) is 0 Å². The smallest absolute Gasteiger partial charge is 0.255 e. The quantitative estimate of drug-likeness (QED) is 0.694. The molecule has 0 aromatic heterocycles. The van der Waals surface area contributed by atoms with Crippen LogP contribution in [0.25, 0.3) is 0 Å². The van der Waals surface area contributed by atoms with Gasteiger partial charge in [-0.2, -0.15) is 0 Å². The highest BCUT2D eigenvalue weighted by molar-refractivity contribution is 6.30. The molecular formula is C20H14ClNO2. The van der Waals surface area contributed by atoms with E-state index in [0.717, 1.165) is 0 Å². The van der Waals surface area contributed by atoms with Crippen molar-refractivity contribution >= 4 is 29.0 Å². The second kappa shape index (κ2) is 7.11. The number of rotatable bonds is 4. The van der Waals surface area contributed by atoms with Gasteiger partial charge in [-0.25, -0.2) is 0 Å². The maximum atomic E-state index is 12.3. The molecule has 24 heavy (non-hydrogen) atoms. The molecule has 1 N–H and O–H groups in total. The lowest BCUT2D eigenvalue weighted by Gasteiger charge is -2.06. The standard InChI is InChI=1S/C20H14ClNO2/c21-17-10-12-18(13-11-17)22-20(24)16-8-6-15(7-9-16)19(23)14-4-2-1-3-5-14/h1-13H,(H,22,24). The molecular weight excluding hydrogens is 322 g/mol. The summed E-state index contributed by atoms with van der Waals surface area (Å²) in [5.41, 5.74) is 2.31. The Morgan fingerprint density at radius 1 is 0.667 bits per heavy atom. The Balaban J connectivity index is 1.73. The van der Waals surface area contributed by atoms with Crippen molar-refractivity contribution in [2.45, 2.75) is 0 Å². The molecule has 0 aliphatic rings. The number of hydrogen-bond acceptors (Lipinski definition) is 2. The number of nitrogens with one attached hydrogen (secondary N) is 1. The van der Waals surface area contributed by atoms with Gasteiger partial charge >= 0.3 is 0 Å². The van der Waals surface area contributed by atoms with Gasteiger partial charge in [0.1, 0.15) is 0 Å². The lowest BCUT2D eigenvalue weighted by molar-refractivity contribution is 0.102. The number of carbonyl (C=O) groups excluding carboxylic acids is 2. The molecule has 0 unspecified atom stereocenters. The summed E-state index contributed by atoms with van der Waals surface area (Å²) in [5, 5.41) is 3.39. The Labute approximate surface area is 144 Å². The van der Waals surface area contributed by atoms with Crippen molar-refractivity contribution in [2.24, 2.45) is 0 Å². The van der Waals surface area contributed by atoms with Gasteiger partial charge < -0.3 is 5.32 Å². The maximum Gasteiger partial charge on any atom is 0.255 e. The first-order chi connectivity index (χ1) is 11.6. The third-order valence-corrected chi connectivity index (χ3v) is 3.80. The van der Waals surface area contributed by atoms with Crippen LogP contribution in [0, 0.1) is 0 Å². The first kappa shape index (κ1) is 16.0. The van der Waals surface area contributed by atoms with Crippen LogP contribution in [-0.2, 0) is 0 Å². The zero-order valence-electron chi connectivity index (χ0n) is 12.7. The highest BCUT2D eigenvalue weighted by Gasteiger charge is 2.10. The Hall–Kier alpha value is -2.91. The van der Waals surface area contributed by atoms with Crippen LogP contribution in [0.15, 0.2) is 78.9 Å². The lowest BCUT2D eigenvalue weighted by atomic mass is 10.0. The Morgan fingerprint density at radius 2 is 1.21 bits per heavy atom. The van der Waals surface area contributed by atoms with Crippen LogP contribution in [0.1, 0.15) is 26.3 Å². The van der Waals surface area contributed by atoms with Crippen LogP contribution in [0.2, 0.25) is 5.02 Å². The third-order valence-electron chi connectivity index (χ3n) is 3.55. The number of benzene rings is 3. The van der Waals surface area contributed by atoms with Gasteiger partial charge in [-0.3, -0.25) is 9.59 Å². The van der Waals surface area contributed by atoms with E-state index in [1.807, 2.05) is 18.2 Å². The number of ketones is 1. The first-order valence-electron chi connectivity index (χ1n) is 7.40. The number of hydrogen-bond donors (Lipinski definition) is 1. The van der Waals surface area contributed by atoms with Crippen LogP contribution in [0.5, 0.6) is 0 Å². The predicted octanol–water partition coefficient (Wildman–Crippen LogP) is 4.82. The normalized spacial score (nSPS) is 10.2. The average molecular weight is 336 g/mol. The fourth-order valence-electron chi connectivity index (χ4n) is 2.27. The number of halogens is 1. The fourth-order valence-corrected chi connectivity index (χ4v) is 2.39. The van der Waals surface area contributed by atoms with E-state index in [9.17, 15) is 9.59 Å². The van der Waals surface area contributed by atoms with Crippen molar-refractivity contribution in [3.63, 3.8) is 0 Å². The van der Waals surface area contributed by atoms with E-state index >= 15 is 0 Å². The van der Waals surface area contributed by atoms with Crippen LogP contribution in [0.4, 0.5) is 5.69 Å². The van der Waals surface area contributed by atoms with E-state index in [-0.39, 0.29) is 11.7 Å². The summed E-state index contributed by atoms with van der Waals surface area (Å²) in [5.74, 6) is -0.309. The summed E-state index contributed by atoms with van der Waals surface area (Å²) < 4.78 is 0. The van der Waals surface area contributed by atoms with Crippen LogP contribution < -0.4 is 5.32 Å². The molecule has 0 fully saturated rings. The minimum Gasteiger partial charge on any atom is -0.322 e. The minimum absolute atomic E-state index is 0.0692. The van der Waals surface area contributed by atoms with Gasteiger partial charge in [-0.05, 0) is 36.4 Å². The number of anilines is 1. The molecule has 0 spiro atoms. The van der Waals surface area contributed by atoms with E-state index in [1.165, 1.54) is 0 Å². The molecule has 0 heterocycles. The molecule has 1 amide bonds. The van der Waals surface area contributed by atoms with Gasteiger partial charge in [0.25, 0.3) is 5.91 Å². The second-order valence-electron chi connectivity index (χ2n) is 5.23. The molecule has 3 aromatic rings. The molecule has 0 atom stereocenters. The SMILES string of the molecule is O=C(Nc1ccc(Cl)cc1)c1ccc(C(=O)c2ccccc2)cc1. The molecule has 0 saturated carbocycles. The van der Waals surface area contributed by atoms with Gasteiger partial charge in [-0.1, -0.05) is 54.1 Å².